The Bertz CT molecular complexity index is 157. The highest BCUT2D eigenvalue weighted by molar-refractivity contribution is 4.68. The summed E-state index contributed by atoms with van der Waals surface area (Å²) in [6.45, 7) is 8.46. The van der Waals surface area contributed by atoms with Crippen LogP contribution < -0.4 is 0 Å². The van der Waals surface area contributed by atoms with E-state index in [1.165, 1.54) is 0 Å². The molecule has 1 fully saturated rings. The van der Waals surface area contributed by atoms with Crippen molar-refractivity contribution in [2.45, 2.75) is 58.5 Å². The van der Waals surface area contributed by atoms with Crippen molar-refractivity contribution in [2.75, 3.05) is 20.3 Å². The largest absolute Gasteiger partial charge is 0.400 e. The first-order valence-electron chi connectivity index (χ1n) is 6.00. The van der Waals surface area contributed by atoms with Crippen LogP contribution in [0.3, 0.4) is 0 Å². The molecule has 0 bridgehead atoms. The van der Waals surface area contributed by atoms with E-state index in [0.29, 0.717) is 12.5 Å². The molecule has 1 heterocycles. The van der Waals surface area contributed by atoms with Crippen molar-refractivity contribution in [2.24, 2.45) is 0 Å². The summed E-state index contributed by atoms with van der Waals surface area (Å²) in [5.74, 6) is -0.333. The van der Waals surface area contributed by atoms with E-state index in [1.807, 2.05) is 20.8 Å². The lowest BCUT2D eigenvalue weighted by molar-refractivity contribution is -0.138. The van der Waals surface area contributed by atoms with Crippen LogP contribution in [0.4, 0.5) is 0 Å². The Morgan fingerprint density at radius 2 is 1.82 bits per heavy atom. The summed E-state index contributed by atoms with van der Waals surface area (Å²) < 4.78 is 10.8. The molecule has 3 N–H and O–H groups in total. The zero-order chi connectivity index (χ0) is 13.9. The molecule has 1 aliphatic heterocycles. The lowest BCUT2D eigenvalue weighted by Crippen LogP contribution is -2.21. The lowest BCUT2D eigenvalue weighted by atomic mass is 10.3. The summed E-state index contributed by atoms with van der Waals surface area (Å²) >= 11 is 0. The van der Waals surface area contributed by atoms with Gasteiger partial charge in [-0.1, -0.05) is 13.8 Å². The summed E-state index contributed by atoms with van der Waals surface area (Å²) in [5.41, 5.74) is 0. The second-order valence-electron chi connectivity index (χ2n) is 4.10. The van der Waals surface area contributed by atoms with Crippen LogP contribution in [0.15, 0.2) is 0 Å². The monoisotopic (exact) mass is 252 g/mol. The third-order valence-electron chi connectivity index (χ3n) is 2.20. The summed E-state index contributed by atoms with van der Waals surface area (Å²) in [5, 5.41) is 23.5. The van der Waals surface area contributed by atoms with Crippen LogP contribution in [0.5, 0.6) is 0 Å². The van der Waals surface area contributed by atoms with Crippen LogP contribution in [-0.4, -0.2) is 53.6 Å². The minimum atomic E-state index is -0.509. The number of ether oxygens (including phenoxy) is 2. The molecule has 0 radical (unpaired) electrons. The Labute approximate surface area is 104 Å². The summed E-state index contributed by atoms with van der Waals surface area (Å²) in [6.07, 6.45) is 1.49. The molecule has 1 rings (SSSR count). The average molecular weight is 252 g/mol. The fourth-order valence-electron chi connectivity index (χ4n) is 1.09. The number of hydrogen-bond acceptors (Lipinski definition) is 5. The highest BCUT2D eigenvalue weighted by atomic mass is 16.7. The summed E-state index contributed by atoms with van der Waals surface area (Å²) in [6, 6.07) is 0. The second-order valence-corrected chi connectivity index (χ2v) is 4.10. The fourth-order valence-corrected chi connectivity index (χ4v) is 1.09. The van der Waals surface area contributed by atoms with Crippen molar-refractivity contribution in [3.63, 3.8) is 0 Å². The molecule has 0 saturated carbocycles. The Morgan fingerprint density at radius 3 is 1.94 bits per heavy atom. The van der Waals surface area contributed by atoms with Gasteiger partial charge in [-0.05, 0) is 26.7 Å². The predicted octanol–water partition coefficient (Wildman–Crippen LogP) is 0.906. The van der Waals surface area contributed by atoms with Gasteiger partial charge in [-0.15, -0.1) is 0 Å². The van der Waals surface area contributed by atoms with Crippen molar-refractivity contribution in [3.8, 4) is 0 Å². The van der Waals surface area contributed by atoms with Crippen molar-refractivity contribution >= 4 is 0 Å². The van der Waals surface area contributed by atoms with Crippen LogP contribution in [0.25, 0.3) is 0 Å². The zero-order valence-corrected chi connectivity index (χ0v) is 11.6. The van der Waals surface area contributed by atoms with Gasteiger partial charge in [0, 0.05) is 7.11 Å². The first-order chi connectivity index (χ1) is 7.95. The van der Waals surface area contributed by atoms with Gasteiger partial charge in [0.1, 0.15) is 0 Å². The van der Waals surface area contributed by atoms with E-state index in [-0.39, 0.29) is 12.4 Å². The molecule has 1 saturated heterocycles. The number of hydrogen-bond donors (Lipinski definition) is 3. The van der Waals surface area contributed by atoms with E-state index >= 15 is 0 Å². The van der Waals surface area contributed by atoms with Gasteiger partial charge < -0.3 is 24.8 Å². The topological polar surface area (TPSA) is 79.2 Å². The van der Waals surface area contributed by atoms with E-state index in [9.17, 15) is 0 Å². The number of aliphatic hydroxyl groups excluding tert-OH is 3. The van der Waals surface area contributed by atoms with Gasteiger partial charge in [0.05, 0.1) is 25.4 Å². The highest BCUT2D eigenvalue weighted by Crippen LogP contribution is 2.23. The molecular weight excluding hydrogens is 224 g/mol. The standard InChI is InChI=1S/C7H14O2.C4H10O2.CH4O/c1-4-6-5-8-7(2,3)9-6;1-2-4(6)3-5;1-2/h6H,4-5H2,1-3H3;4-6H,2-3H2,1H3;2H,1H3. The van der Waals surface area contributed by atoms with Crippen LogP contribution in [0.1, 0.15) is 40.5 Å². The molecule has 17 heavy (non-hydrogen) atoms. The molecule has 0 aliphatic carbocycles. The minimum Gasteiger partial charge on any atom is -0.400 e. The Kier molecular flexibility index (Phi) is 12.3. The quantitative estimate of drug-likeness (QED) is 0.695. The van der Waals surface area contributed by atoms with Gasteiger partial charge in [0.25, 0.3) is 0 Å². The van der Waals surface area contributed by atoms with E-state index in [2.05, 4.69) is 6.92 Å². The third kappa shape index (κ3) is 10.7. The number of rotatable bonds is 3. The molecule has 106 valence electrons. The predicted molar refractivity (Wildman–Crippen MR) is 66.7 cm³/mol. The highest BCUT2D eigenvalue weighted by Gasteiger charge is 2.31. The summed E-state index contributed by atoms with van der Waals surface area (Å²) in [7, 11) is 1.00. The van der Waals surface area contributed by atoms with E-state index in [4.69, 9.17) is 24.8 Å². The lowest BCUT2D eigenvalue weighted by Gasteiger charge is -2.16. The van der Waals surface area contributed by atoms with Gasteiger partial charge in [0.15, 0.2) is 5.79 Å². The molecule has 1 aliphatic rings. The van der Waals surface area contributed by atoms with Crippen LogP contribution in [-0.2, 0) is 9.47 Å². The first-order valence-corrected chi connectivity index (χ1v) is 6.00. The van der Waals surface area contributed by atoms with E-state index in [1.54, 1.807) is 0 Å². The third-order valence-corrected chi connectivity index (χ3v) is 2.20. The first kappa shape index (κ1) is 19.1. The van der Waals surface area contributed by atoms with Crippen molar-refractivity contribution < 1.29 is 24.8 Å². The Balaban J connectivity index is 0. The summed E-state index contributed by atoms with van der Waals surface area (Å²) in [4.78, 5) is 0. The SMILES string of the molecule is CCC(O)CO.CCC1COC(C)(C)O1.CO. The minimum absolute atomic E-state index is 0.115. The maximum atomic E-state index is 8.42. The van der Waals surface area contributed by atoms with Gasteiger partial charge in [-0.25, -0.2) is 0 Å². The second kappa shape index (κ2) is 10.9. The van der Waals surface area contributed by atoms with Gasteiger partial charge in [-0.3, -0.25) is 0 Å². The van der Waals surface area contributed by atoms with Crippen molar-refractivity contribution in [1.82, 2.24) is 0 Å². The molecule has 2 atom stereocenters. The molecule has 5 heteroatoms. The van der Waals surface area contributed by atoms with E-state index in [0.717, 1.165) is 20.1 Å². The van der Waals surface area contributed by atoms with Crippen LogP contribution in [0, 0.1) is 0 Å². The van der Waals surface area contributed by atoms with Crippen LogP contribution >= 0.6 is 0 Å². The normalized spacial score (nSPS) is 22.9. The average Bonchev–Trinajstić information content (AvgIpc) is 2.71. The van der Waals surface area contributed by atoms with Gasteiger partial charge >= 0.3 is 0 Å². The van der Waals surface area contributed by atoms with Gasteiger partial charge in [-0.2, -0.15) is 0 Å². The Hall–Kier alpha value is -0.200. The van der Waals surface area contributed by atoms with Crippen molar-refractivity contribution in [1.29, 1.82) is 0 Å². The molecule has 0 spiro atoms. The molecule has 0 aromatic carbocycles. The smallest absolute Gasteiger partial charge is 0.163 e. The molecular formula is C12H28O5. The molecule has 0 amide bonds. The molecule has 0 aromatic heterocycles. The Morgan fingerprint density at radius 1 is 1.29 bits per heavy atom. The van der Waals surface area contributed by atoms with E-state index < -0.39 is 6.10 Å². The molecule has 5 nitrogen and oxygen atoms in total. The molecule has 0 aromatic rings. The zero-order valence-electron chi connectivity index (χ0n) is 11.6. The number of aliphatic hydroxyl groups is 3. The van der Waals surface area contributed by atoms with Gasteiger partial charge in [0.2, 0.25) is 0 Å². The van der Waals surface area contributed by atoms with Crippen molar-refractivity contribution in [3.05, 3.63) is 0 Å². The molecule has 2 unspecified atom stereocenters. The van der Waals surface area contributed by atoms with Crippen LogP contribution in [0.2, 0.25) is 0 Å². The maximum absolute atomic E-state index is 8.42. The fraction of sp³-hybridized carbons (Fsp3) is 1.00. The maximum Gasteiger partial charge on any atom is 0.163 e.